The van der Waals surface area contributed by atoms with Crippen LogP contribution in [0.2, 0.25) is 0 Å². The van der Waals surface area contributed by atoms with E-state index in [0.717, 1.165) is 29.5 Å². The molecule has 0 aliphatic carbocycles. The van der Waals surface area contributed by atoms with Crippen LogP contribution in [0.4, 0.5) is 5.69 Å². The Labute approximate surface area is 146 Å². The Balaban J connectivity index is 1.70. The minimum Gasteiger partial charge on any atom is -0.372 e. The van der Waals surface area contributed by atoms with Crippen LogP contribution in [0.3, 0.4) is 0 Å². The molecular weight excluding hydrogens is 352 g/mol. The van der Waals surface area contributed by atoms with Crippen LogP contribution in [0.25, 0.3) is 0 Å². The largest absolute Gasteiger partial charge is 0.372 e. The summed E-state index contributed by atoms with van der Waals surface area (Å²) < 4.78 is 1.03. The van der Waals surface area contributed by atoms with E-state index in [0.29, 0.717) is 13.0 Å². The van der Waals surface area contributed by atoms with Crippen LogP contribution in [0.1, 0.15) is 18.9 Å². The number of carbonyl (C=O) groups excluding carboxylic acids is 1. The van der Waals surface area contributed by atoms with Gasteiger partial charge in [-0.3, -0.25) is 4.79 Å². The summed E-state index contributed by atoms with van der Waals surface area (Å²) in [6.45, 7) is 4.77. The molecule has 0 atom stereocenters. The summed E-state index contributed by atoms with van der Waals surface area (Å²) in [6.07, 6.45) is 1.37. The predicted molar refractivity (Wildman–Crippen MR) is 99.8 cm³/mol. The zero-order valence-electron chi connectivity index (χ0n) is 13.5. The zero-order chi connectivity index (χ0) is 16.5. The lowest BCUT2D eigenvalue weighted by molar-refractivity contribution is -0.120. The molecule has 0 aliphatic rings. The molecule has 0 bridgehead atoms. The van der Waals surface area contributed by atoms with Gasteiger partial charge in [-0.1, -0.05) is 46.3 Å². The number of nitrogens with zero attached hydrogens (tertiary/aromatic N) is 1. The zero-order valence-corrected chi connectivity index (χ0v) is 15.1. The highest BCUT2D eigenvalue weighted by Crippen LogP contribution is 2.13. The van der Waals surface area contributed by atoms with Crippen LogP contribution in [0, 0.1) is 0 Å². The fraction of sp³-hybridized carbons (Fsp3) is 0.316. The first-order chi connectivity index (χ1) is 11.2. The van der Waals surface area contributed by atoms with E-state index in [4.69, 9.17) is 0 Å². The summed E-state index contributed by atoms with van der Waals surface area (Å²) in [5, 5.41) is 3.00. The molecule has 2 aromatic rings. The highest BCUT2D eigenvalue weighted by molar-refractivity contribution is 9.10. The predicted octanol–water partition coefficient (Wildman–Crippen LogP) is 4.02. The summed E-state index contributed by atoms with van der Waals surface area (Å²) in [6, 6.07) is 18.2. The highest BCUT2D eigenvalue weighted by Gasteiger charge is 2.05. The Kier molecular flexibility index (Phi) is 7.14. The third-order valence-corrected chi connectivity index (χ3v) is 4.24. The second-order valence-corrected chi connectivity index (χ2v) is 6.34. The molecule has 0 saturated heterocycles. The number of carbonyl (C=O) groups is 1. The van der Waals surface area contributed by atoms with E-state index in [2.05, 4.69) is 57.3 Å². The Morgan fingerprint density at radius 1 is 1.09 bits per heavy atom. The topological polar surface area (TPSA) is 32.3 Å². The van der Waals surface area contributed by atoms with E-state index >= 15 is 0 Å². The second-order valence-electron chi connectivity index (χ2n) is 5.42. The maximum absolute atomic E-state index is 11.9. The molecule has 122 valence electrons. The molecule has 0 aromatic heterocycles. The van der Waals surface area contributed by atoms with Crippen LogP contribution in [-0.2, 0) is 11.2 Å². The number of hydrogen-bond acceptors (Lipinski definition) is 2. The highest BCUT2D eigenvalue weighted by atomic mass is 79.9. The SMILES string of the molecule is CCN(CCCNC(=O)Cc1ccc(Br)cc1)c1ccccc1. The van der Waals surface area contributed by atoms with Crippen LogP contribution < -0.4 is 10.2 Å². The number of hydrogen-bond donors (Lipinski definition) is 1. The molecule has 1 amide bonds. The average Bonchev–Trinajstić information content (AvgIpc) is 2.58. The van der Waals surface area contributed by atoms with Crippen molar-refractivity contribution in [3.05, 3.63) is 64.6 Å². The van der Waals surface area contributed by atoms with E-state index in [1.807, 2.05) is 30.3 Å². The molecule has 0 fully saturated rings. The molecule has 2 rings (SSSR count). The van der Waals surface area contributed by atoms with E-state index < -0.39 is 0 Å². The smallest absolute Gasteiger partial charge is 0.224 e. The Morgan fingerprint density at radius 3 is 2.43 bits per heavy atom. The number of nitrogens with one attached hydrogen (secondary N) is 1. The van der Waals surface area contributed by atoms with Crippen LogP contribution in [-0.4, -0.2) is 25.5 Å². The van der Waals surface area contributed by atoms with Crippen molar-refractivity contribution in [2.75, 3.05) is 24.5 Å². The number of amides is 1. The molecule has 23 heavy (non-hydrogen) atoms. The molecule has 3 nitrogen and oxygen atoms in total. The van der Waals surface area contributed by atoms with Crippen molar-refractivity contribution >= 4 is 27.5 Å². The van der Waals surface area contributed by atoms with Gasteiger partial charge in [0, 0.05) is 29.8 Å². The minimum atomic E-state index is 0.0788. The summed E-state index contributed by atoms with van der Waals surface area (Å²) in [5.41, 5.74) is 2.27. The fourth-order valence-electron chi connectivity index (χ4n) is 2.46. The van der Waals surface area contributed by atoms with Gasteiger partial charge in [-0.2, -0.15) is 0 Å². The van der Waals surface area contributed by atoms with Crippen molar-refractivity contribution in [3.63, 3.8) is 0 Å². The van der Waals surface area contributed by atoms with Crippen LogP contribution in [0.15, 0.2) is 59.1 Å². The van der Waals surface area contributed by atoms with E-state index in [1.165, 1.54) is 5.69 Å². The Hall–Kier alpha value is -1.81. The van der Waals surface area contributed by atoms with Crippen LogP contribution in [0.5, 0.6) is 0 Å². The summed E-state index contributed by atoms with van der Waals surface area (Å²) in [5.74, 6) is 0.0788. The molecule has 0 radical (unpaired) electrons. The number of halogens is 1. The summed E-state index contributed by atoms with van der Waals surface area (Å²) in [4.78, 5) is 14.3. The molecule has 0 aliphatic heterocycles. The molecule has 0 unspecified atom stereocenters. The normalized spacial score (nSPS) is 10.3. The van der Waals surface area contributed by atoms with Crippen molar-refractivity contribution in [1.82, 2.24) is 5.32 Å². The quantitative estimate of drug-likeness (QED) is 0.707. The maximum Gasteiger partial charge on any atom is 0.224 e. The number of rotatable bonds is 8. The lowest BCUT2D eigenvalue weighted by atomic mass is 10.1. The van der Waals surface area contributed by atoms with Gasteiger partial charge < -0.3 is 10.2 Å². The van der Waals surface area contributed by atoms with E-state index in [-0.39, 0.29) is 5.91 Å². The molecule has 2 aromatic carbocycles. The van der Waals surface area contributed by atoms with Gasteiger partial charge in [-0.05, 0) is 43.2 Å². The lowest BCUT2D eigenvalue weighted by Crippen LogP contribution is -2.30. The first-order valence-electron chi connectivity index (χ1n) is 8.00. The molecule has 0 spiro atoms. The molecule has 1 N–H and O–H groups in total. The third kappa shape index (κ3) is 6.06. The number of para-hydroxylation sites is 1. The van der Waals surface area contributed by atoms with E-state index in [1.54, 1.807) is 0 Å². The van der Waals surface area contributed by atoms with Gasteiger partial charge in [-0.25, -0.2) is 0 Å². The third-order valence-electron chi connectivity index (χ3n) is 3.71. The standard InChI is InChI=1S/C19H23BrN2O/c1-2-22(18-7-4-3-5-8-18)14-6-13-21-19(23)15-16-9-11-17(20)12-10-16/h3-5,7-12H,2,6,13-15H2,1H3,(H,21,23). The number of anilines is 1. The van der Waals surface area contributed by atoms with Crippen molar-refractivity contribution < 1.29 is 4.79 Å². The molecular formula is C19H23BrN2O. The van der Waals surface area contributed by atoms with Gasteiger partial charge >= 0.3 is 0 Å². The van der Waals surface area contributed by atoms with Crippen molar-refractivity contribution in [1.29, 1.82) is 0 Å². The van der Waals surface area contributed by atoms with Crippen LogP contribution >= 0.6 is 15.9 Å². The molecule has 4 heteroatoms. The monoisotopic (exact) mass is 374 g/mol. The summed E-state index contributed by atoms with van der Waals surface area (Å²) >= 11 is 3.40. The van der Waals surface area contributed by atoms with Gasteiger partial charge in [0.25, 0.3) is 0 Å². The van der Waals surface area contributed by atoms with Gasteiger partial charge in [0.15, 0.2) is 0 Å². The van der Waals surface area contributed by atoms with Crippen molar-refractivity contribution in [3.8, 4) is 0 Å². The molecule has 0 heterocycles. The Morgan fingerprint density at radius 2 is 1.78 bits per heavy atom. The fourth-order valence-corrected chi connectivity index (χ4v) is 2.72. The Bertz CT molecular complexity index is 599. The molecule has 0 saturated carbocycles. The van der Waals surface area contributed by atoms with Gasteiger partial charge in [-0.15, -0.1) is 0 Å². The summed E-state index contributed by atoms with van der Waals surface area (Å²) in [7, 11) is 0. The van der Waals surface area contributed by atoms with Gasteiger partial charge in [0.05, 0.1) is 6.42 Å². The van der Waals surface area contributed by atoms with Gasteiger partial charge in [0.1, 0.15) is 0 Å². The number of benzene rings is 2. The van der Waals surface area contributed by atoms with E-state index in [9.17, 15) is 4.79 Å². The minimum absolute atomic E-state index is 0.0788. The van der Waals surface area contributed by atoms with Crippen molar-refractivity contribution in [2.24, 2.45) is 0 Å². The van der Waals surface area contributed by atoms with Crippen molar-refractivity contribution in [2.45, 2.75) is 19.8 Å². The average molecular weight is 375 g/mol. The lowest BCUT2D eigenvalue weighted by Gasteiger charge is -2.23. The second kappa shape index (κ2) is 9.36. The first-order valence-corrected chi connectivity index (χ1v) is 8.79. The maximum atomic E-state index is 11.9. The first kappa shape index (κ1) is 17.5. The van der Waals surface area contributed by atoms with Gasteiger partial charge in [0.2, 0.25) is 5.91 Å².